The second-order valence-corrected chi connectivity index (χ2v) is 7.10. The van der Waals surface area contributed by atoms with E-state index in [1.165, 1.54) is 38.5 Å². The molecular formula is C16H29ClN2O. The summed E-state index contributed by atoms with van der Waals surface area (Å²) in [6.07, 6.45) is 11.4. The van der Waals surface area contributed by atoms with Crippen molar-refractivity contribution >= 4 is 18.3 Å². The lowest BCUT2D eigenvalue weighted by Gasteiger charge is -2.30. The quantitative estimate of drug-likeness (QED) is 0.838. The Morgan fingerprint density at radius 1 is 1.15 bits per heavy atom. The zero-order valence-electron chi connectivity index (χ0n) is 12.6. The zero-order valence-corrected chi connectivity index (χ0v) is 13.4. The number of rotatable bonds is 4. The Bertz CT molecular complexity index is 318. The molecule has 1 saturated carbocycles. The molecule has 116 valence electrons. The fraction of sp³-hybridized carbons (Fsp3) is 0.938. The van der Waals surface area contributed by atoms with E-state index in [0.29, 0.717) is 24.0 Å². The summed E-state index contributed by atoms with van der Waals surface area (Å²) in [5.74, 6) is 1.32. The normalized spacial score (nSPS) is 34.5. The monoisotopic (exact) mass is 300 g/mol. The summed E-state index contributed by atoms with van der Waals surface area (Å²) in [4.78, 5) is 12.3. The van der Waals surface area contributed by atoms with Gasteiger partial charge in [-0.05, 0) is 38.0 Å². The van der Waals surface area contributed by atoms with Crippen molar-refractivity contribution in [3.05, 3.63) is 0 Å². The minimum absolute atomic E-state index is 0. The summed E-state index contributed by atoms with van der Waals surface area (Å²) in [5.41, 5.74) is 0. The van der Waals surface area contributed by atoms with Crippen LogP contribution in [0.5, 0.6) is 0 Å². The van der Waals surface area contributed by atoms with Gasteiger partial charge in [-0.2, -0.15) is 0 Å². The molecule has 1 amide bonds. The van der Waals surface area contributed by atoms with Crippen molar-refractivity contribution in [2.45, 2.75) is 82.8 Å². The lowest BCUT2D eigenvalue weighted by Crippen LogP contribution is -2.49. The summed E-state index contributed by atoms with van der Waals surface area (Å²) in [6.45, 7) is 2.11. The minimum Gasteiger partial charge on any atom is -0.353 e. The molecule has 3 aliphatic rings. The van der Waals surface area contributed by atoms with Crippen molar-refractivity contribution in [2.24, 2.45) is 11.8 Å². The van der Waals surface area contributed by atoms with Crippen LogP contribution in [0.1, 0.15) is 64.7 Å². The molecule has 3 atom stereocenters. The molecule has 2 aliphatic heterocycles. The predicted molar refractivity (Wildman–Crippen MR) is 84.1 cm³/mol. The molecule has 20 heavy (non-hydrogen) atoms. The first-order valence-electron chi connectivity index (χ1n) is 8.27. The van der Waals surface area contributed by atoms with Crippen molar-refractivity contribution in [1.82, 2.24) is 10.6 Å². The highest BCUT2D eigenvalue weighted by atomic mass is 35.5. The molecule has 3 rings (SSSR count). The Balaban J connectivity index is 0.00000147. The predicted octanol–water partition coefficient (Wildman–Crippen LogP) is 3.02. The molecule has 3 fully saturated rings. The largest absolute Gasteiger partial charge is 0.353 e. The summed E-state index contributed by atoms with van der Waals surface area (Å²) in [7, 11) is 0. The van der Waals surface area contributed by atoms with E-state index in [1.54, 1.807) is 0 Å². The molecule has 0 aromatic rings. The number of carbonyl (C=O) groups excluding carboxylic acids is 1. The Morgan fingerprint density at radius 3 is 2.35 bits per heavy atom. The number of nitrogens with one attached hydrogen (secondary N) is 2. The smallest absolute Gasteiger partial charge is 0.223 e. The average Bonchev–Trinajstić information content (AvgIpc) is 2.99. The van der Waals surface area contributed by atoms with Crippen LogP contribution in [0.4, 0.5) is 0 Å². The Kier molecular flexibility index (Phi) is 5.74. The number of fused-ring (bicyclic) bond motifs is 2. The molecule has 3 nitrogen and oxygen atoms in total. The molecule has 0 aromatic heterocycles. The van der Waals surface area contributed by atoms with Crippen molar-refractivity contribution in [3.8, 4) is 0 Å². The van der Waals surface area contributed by atoms with Crippen LogP contribution in [0.25, 0.3) is 0 Å². The van der Waals surface area contributed by atoms with Gasteiger partial charge in [0.15, 0.2) is 0 Å². The summed E-state index contributed by atoms with van der Waals surface area (Å²) >= 11 is 0. The molecule has 4 heteroatoms. The van der Waals surface area contributed by atoms with Crippen LogP contribution in [0, 0.1) is 11.8 Å². The third-order valence-electron chi connectivity index (χ3n) is 5.43. The van der Waals surface area contributed by atoms with E-state index < -0.39 is 0 Å². The van der Waals surface area contributed by atoms with E-state index in [1.807, 2.05) is 0 Å². The number of carbonyl (C=O) groups is 1. The van der Waals surface area contributed by atoms with Crippen LogP contribution in [-0.4, -0.2) is 24.0 Å². The maximum Gasteiger partial charge on any atom is 0.223 e. The van der Waals surface area contributed by atoms with Crippen molar-refractivity contribution in [2.75, 3.05) is 0 Å². The van der Waals surface area contributed by atoms with E-state index in [9.17, 15) is 4.79 Å². The van der Waals surface area contributed by atoms with Crippen LogP contribution < -0.4 is 10.6 Å². The number of piperidine rings is 1. The fourth-order valence-corrected chi connectivity index (χ4v) is 4.37. The highest BCUT2D eigenvalue weighted by molar-refractivity contribution is 5.85. The van der Waals surface area contributed by atoms with Crippen LogP contribution in [0.2, 0.25) is 0 Å². The van der Waals surface area contributed by atoms with Gasteiger partial charge in [0.1, 0.15) is 0 Å². The molecule has 2 saturated heterocycles. The first kappa shape index (κ1) is 16.1. The van der Waals surface area contributed by atoms with Crippen LogP contribution in [-0.2, 0) is 4.79 Å². The van der Waals surface area contributed by atoms with Gasteiger partial charge < -0.3 is 10.6 Å². The fourth-order valence-electron chi connectivity index (χ4n) is 4.37. The van der Waals surface area contributed by atoms with Gasteiger partial charge in [0, 0.05) is 24.0 Å². The average molecular weight is 301 g/mol. The Hall–Kier alpha value is -0.280. The van der Waals surface area contributed by atoms with Gasteiger partial charge in [-0.3, -0.25) is 4.79 Å². The Labute approximate surface area is 129 Å². The third kappa shape index (κ3) is 3.88. The van der Waals surface area contributed by atoms with Gasteiger partial charge in [-0.1, -0.05) is 32.6 Å². The van der Waals surface area contributed by atoms with Crippen LogP contribution in [0.3, 0.4) is 0 Å². The van der Waals surface area contributed by atoms with E-state index in [0.717, 1.165) is 25.2 Å². The lowest BCUT2D eigenvalue weighted by atomic mass is 9.93. The van der Waals surface area contributed by atoms with Crippen LogP contribution in [0.15, 0.2) is 0 Å². The second kappa shape index (κ2) is 7.13. The molecule has 0 aromatic carbocycles. The van der Waals surface area contributed by atoms with Crippen molar-refractivity contribution in [3.63, 3.8) is 0 Å². The van der Waals surface area contributed by atoms with Gasteiger partial charge in [-0.15, -0.1) is 12.4 Å². The molecule has 0 spiro atoms. The van der Waals surface area contributed by atoms with E-state index in [-0.39, 0.29) is 18.3 Å². The van der Waals surface area contributed by atoms with Gasteiger partial charge in [-0.25, -0.2) is 0 Å². The standard InChI is InChI=1S/C16H28N2O.ClH/c1-11(8-12-4-2-3-5-12)16(19)18-15-9-13-6-7-14(10-15)17-13;/h11-15,17H,2-10H2,1H3,(H,18,19);1H. The van der Waals surface area contributed by atoms with Gasteiger partial charge in [0.25, 0.3) is 0 Å². The van der Waals surface area contributed by atoms with Gasteiger partial charge in [0.2, 0.25) is 5.91 Å². The molecule has 1 aliphatic carbocycles. The Morgan fingerprint density at radius 2 is 1.75 bits per heavy atom. The SMILES string of the molecule is CC(CC1CCCC1)C(=O)NC1CC2CCC(C1)N2.Cl. The molecule has 2 heterocycles. The summed E-state index contributed by atoms with van der Waals surface area (Å²) < 4.78 is 0. The molecule has 2 N–H and O–H groups in total. The summed E-state index contributed by atoms with van der Waals surface area (Å²) in [6, 6.07) is 1.75. The van der Waals surface area contributed by atoms with Crippen molar-refractivity contribution < 1.29 is 4.79 Å². The topological polar surface area (TPSA) is 41.1 Å². The lowest BCUT2D eigenvalue weighted by molar-refractivity contribution is -0.126. The van der Waals surface area contributed by atoms with Crippen molar-refractivity contribution in [1.29, 1.82) is 0 Å². The van der Waals surface area contributed by atoms with Gasteiger partial charge in [0.05, 0.1) is 0 Å². The summed E-state index contributed by atoms with van der Waals surface area (Å²) in [5, 5.41) is 6.94. The molecule has 2 bridgehead atoms. The van der Waals surface area contributed by atoms with E-state index >= 15 is 0 Å². The second-order valence-electron chi connectivity index (χ2n) is 7.10. The van der Waals surface area contributed by atoms with E-state index in [4.69, 9.17) is 0 Å². The first-order chi connectivity index (χ1) is 9.20. The van der Waals surface area contributed by atoms with Crippen LogP contribution >= 0.6 is 12.4 Å². The first-order valence-corrected chi connectivity index (χ1v) is 8.27. The molecule has 3 unspecified atom stereocenters. The highest BCUT2D eigenvalue weighted by Crippen LogP contribution is 2.31. The van der Waals surface area contributed by atoms with Gasteiger partial charge >= 0.3 is 0 Å². The minimum atomic E-state index is 0. The third-order valence-corrected chi connectivity index (χ3v) is 5.43. The maximum absolute atomic E-state index is 12.3. The molecule has 0 radical (unpaired) electrons. The number of halogens is 1. The highest BCUT2D eigenvalue weighted by Gasteiger charge is 2.34. The number of hydrogen-bond acceptors (Lipinski definition) is 2. The number of hydrogen-bond donors (Lipinski definition) is 2. The number of amides is 1. The van der Waals surface area contributed by atoms with E-state index in [2.05, 4.69) is 17.6 Å². The molecular weight excluding hydrogens is 272 g/mol. The zero-order chi connectivity index (χ0) is 13.2. The maximum atomic E-state index is 12.3.